The molecule has 0 bridgehead atoms. The van der Waals surface area contributed by atoms with Crippen molar-refractivity contribution in [3.8, 4) is 0 Å². The second kappa shape index (κ2) is 7.69. The van der Waals surface area contributed by atoms with Crippen molar-refractivity contribution in [3.63, 3.8) is 0 Å². The Balaban J connectivity index is 2.38. The van der Waals surface area contributed by atoms with Gasteiger partial charge in [-0.3, -0.25) is 4.79 Å². The number of aryl methyl sites for hydroxylation is 1. The molecule has 26 heavy (non-hydrogen) atoms. The van der Waals surface area contributed by atoms with Crippen LogP contribution in [0.4, 0.5) is 23.2 Å². The summed E-state index contributed by atoms with van der Waals surface area (Å²) < 4.78 is 53.7. The fraction of sp³-hybridized carbons (Fsp3) is 0.412. The Bertz CT molecular complexity index is 802. The Morgan fingerprint density at radius 1 is 1.23 bits per heavy atom. The maximum Gasteiger partial charge on any atom is 0.436 e. The molecule has 0 saturated carbocycles. The third-order valence-electron chi connectivity index (χ3n) is 3.60. The lowest BCUT2D eigenvalue weighted by atomic mass is 10.1. The van der Waals surface area contributed by atoms with Crippen LogP contribution in [0.1, 0.15) is 47.6 Å². The van der Waals surface area contributed by atoms with E-state index in [1.165, 1.54) is 0 Å². The zero-order chi connectivity index (χ0) is 19.6. The monoisotopic (exact) mass is 389 g/mol. The molecule has 1 aromatic carbocycles. The number of thioether (sulfide) groups is 1. The molecule has 1 aromatic heterocycles. The lowest BCUT2D eigenvalue weighted by Crippen LogP contribution is -2.20. The topological polar surface area (TPSA) is 46.9 Å². The van der Waals surface area contributed by atoms with Crippen molar-refractivity contribution in [1.82, 2.24) is 9.78 Å². The maximum absolute atomic E-state index is 14.1. The van der Waals surface area contributed by atoms with Crippen LogP contribution in [0.2, 0.25) is 0 Å². The highest BCUT2D eigenvalue weighted by Crippen LogP contribution is 2.36. The number of hydrogen-bond acceptors (Lipinski definition) is 3. The van der Waals surface area contributed by atoms with Gasteiger partial charge in [0.25, 0.3) is 5.91 Å². The number of nitrogens with one attached hydrogen (secondary N) is 1. The normalized spacial score (nSPS) is 13.1. The number of anilines is 1. The first-order valence-electron chi connectivity index (χ1n) is 7.87. The number of para-hydroxylation sites is 1. The van der Waals surface area contributed by atoms with E-state index < -0.39 is 29.3 Å². The predicted octanol–water partition coefficient (Wildman–Crippen LogP) is 5.03. The van der Waals surface area contributed by atoms with Gasteiger partial charge in [0.2, 0.25) is 5.95 Å². The molecule has 2 aromatic rings. The van der Waals surface area contributed by atoms with Gasteiger partial charge in [-0.1, -0.05) is 32.0 Å². The van der Waals surface area contributed by atoms with Gasteiger partial charge in [0, 0.05) is 18.0 Å². The van der Waals surface area contributed by atoms with Crippen LogP contribution in [0, 0.1) is 5.95 Å². The summed E-state index contributed by atoms with van der Waals surface area (Å²) in [6.07, 6.45) is -4.94. The summed E-state index contributed by atoms with van der Waals surface area (Å²) in [6, 6.07) is 6.77. The molecule has 0 saturated heterocycles. The molecular formula is C17H19F4N3OS. The van der Waals surface area contributed by atoms with Gasteiger partial charge in [-0.15, -0.1) is 0 Å². The highest BCUT2D eigenvalue weighted by atomic mass is 32.2. The van der Waals surface area contributed by atoms with Gasteiger partial charge in [0.15, 0.2) is 5.69 Å². The largest absolute Gasteiger partial charge is 0.436 e. The summed E-state index contributed by atoms with van der Waals surface area (Å²) in [7, 11) is 1.01. The van der Waals surface area contributed by atoms with Crippen molar-refractivity contribution in [1.29, 1.82) is 0 Å². The Labute approximate surface area is 153 Å². The number of alkyl halides is 3. The average molecular weight is 389 g/mol. The molecule has 1 unspecified atom stereocenters. The molecule has 0 spiro atoms. The Hall–Kier alpha value is -2.03. The minimum absolute atomic E-state index is 0.00710. The minimum atomic E-state index is -4.94. The lowest BCUT2D eigenvalue weighted by Gasteiger charge is -2.18. The molecule has 4 nitrogen and oxygen atoms in total. The maximum atomic E-state index is 14.1. The zero-order valence-electron chi connectivity index (χ0n) is 14.7. The van der Waals surface area contributed by atoms with Crippen molar-refractivity contribution in [2.75, 3.05) is 5.32 Å². The number of carbonyl (C=O) groups is 1. The summed E-state index contributed by atoms with van der Waals surface area (Å²) >= 11 is 1.64. The van der Waals surface area contributed by atoms with Crippen LogP contribution in [0.15, 0.2) is 24.3 Å². The smallest absolute Gasteiger partial charge is 0.321 e. The Kier molecular flexibility index (Phi) is 6.00. The van der Waals surface area contributed by atoms with Crippen molar-refractivity contribution >= 4 is 23.4 Å². The average Bonchev–Trinajstić information content (AvgIpc) is 2.83. The number of nitrogens with zero attached hydrogens (tertiary/aromatic N) is 2. The Morgan fingerprint density at radius 3 is 2.42 bits per heavy atom. The van der Waals surface area contributed by atoms with E-state index in [9.17, 15) is 22.4 Å². The van der Waals surface area contributed by atoms with Gasteiger partial charge in [0.05, 0.1) is 0 Å². The summed E-state index contributed by atoms with van der Waals surface area (Å²) in [5, 5.41) is 5.81. The molecule has 0 fully saturated rings. The first-order valence-corrected chi connectivity index (χ1v) is 8.82. The molecule has 1 N–H and O–H groups in total. The first kappa shape index (κ1) is 20.3. The number of amides is 1. The van der Waals surface area contributed by atoms with Crippen LogP contribution < -0.4 is 5.32 Å². The summed E-state index contributed by atoms with van der Waals surface area (Å²) in [6.45, 7) is 5.97. The second-order valence-electron chi connectivity index (χ2n) is 6.00. The van der Waals surface area contributed by atoms with Crippen molar-refractivity contribution < 1.29 is 22.4 Å². The van der Waals surface area contributed by atoms with Crippen LogP contribution in [0.25, 0.3) is 0 Å². The molecule has 9 heteroatoms. The zero-order valence-corrected chi connectivity index (χ0v) is 15.5. The number of benzene rings is 1. The number of hydrogen-bond donors (Lipinski definition) is 1. The third kappa shape index (κ3) is 4.38. The molecule has 1 amide bonds. The van der Waals surface area contributed by atoms with Gasteiger partial charge in [-0.05, 0) is 23.8 Å². The van der Waals surface area contributed by atoms with Crippen LogP contribution in [0.3, 0.4) is 0 Å². The van der Waals surface area contributed by atoms with E-state index >= 15 is 0 Å². The van der Waals surface area contributed by atoms with Crippen LogP contribution in [-0.2, 0) is 13.2 Å². The van der Waals surface area contributed by atoms with Gasteiger partial charge in [-0.25, -0.2) is 4.68 Å². The molecule has 142 valence electrons. The Morgan fingerprint density at radius 2 is 1.85 bits per heavy atom. The quantitative estimate of drug-likeness (QED) is 0.730. The molecule has 0 aliphatic heterocycles. The third-order valence-corrected chi connectivity index (χ3v) is 4.80. The minimum Gasteiger partial charge on any atom is -0.321 e. The second-order valence-corrected chi connectivity index (χ2v) is 7.93. The fourth-order valence-electron chi connectivity index (χ4n) is 2.53. The van der Waals surface area contributed by atoms with E-state index in [1.54, 1.807) is 36.0 Å². The van der Waals surface area contributed by atoms with E-state index in [1.807, 2.05) is 20.8 Å². The van der Waals surface area contributed by atoms with Gasteiger partial charge in [0.1, 0.15) is 5.56 Å². The van der Waals surface area contributed by atoms with Crippen molar-refractivity contribution in [3.05, 3.63) is 47.0 Å². The van der Waals surface area contributed by atoms with E-state index in [0.717, 1.165) is 12.6 Å². The molecular weight excluding hydrogens is 370 g/mol. The van der Waals surface area contributed by atoms with Gasteiger partial charge < -0.3 is 5.32 Å². The number of carbonyl (C=O) groups excluding carboxylic acids is 1. The van der Waals surface area contributed by atoms with Gasteiger partial charge in [-0.2, -0.15) is 34.4 Å². The lowest BCUT2D eigenvalue weighted by molar-refractivity contribution is -0.141. The SMILES string of the molecule is CC(C)SC(C)c1ccccc1NC(=O)c1c(C(F)(F)F)nn(C)c1F. The predicted molar refractivity (Wildman–Crippen MR) is 93.7 cm³/mol. The summed E-state index contributed by atoms with van der Waals surface area (Å²) in [5.74, 6) is -2.52. The molecule has 0 radical (unpaired) electrons. The van der Waals surface area contributed by atoms with E-state index in [2.05, 4.69) is 10.4 Å². The number of rotatable bonds is 5. The van der Waals surface area contributed by atoms with Gasteiger partial charge >= 0.3 is 6.18 Å². The number of halogens is 4. The summed E-state index contributed by atoms with van der Waals surface area (Å²) in [4.78, 5) is 12.4. The standard InChI is InChI=1S/C17H19F4N3OS/c1-9(2)26-10(3)11-7-5-6-8-12(11)22-16(25)13-14(17(19,20)21)23-24(4)15(13)18/h5-10H,1-4H3,(H,22,25). The van der Waals surface area contributed by atoms with Crippen LogP contribution in [-0.4, -0.2) is 20.9 Å². The van der Waals surface area contributed by atoms with E-state index in [0.29, 0.717) is 15.6 Å². The highest BCUT2D eigenvalue weighted by Gasteiger charge is 2.41. The summed E-state index contributed by atoms with van der Waals surface area (Å²) in [5.41, 5.74) is -1.57. The molecule has 1 atom stereocenters. The van der Waals surface area contributed by atoms with Crippen molar-refractivity contribution in [2.24, 2.45) is 7.05 Å². The number of aromatic nitrogens is 2. The van der Waals surface area contributed by atoms with E-state index in [4.69, 9.17) is 0 Å². The molecule has 0 aliphatic carbocycles. The molecule has 0 aliphatic rings. The van der Waals surface area contributed by atoms with E-state index in [-0.39, 0.29) is 5.25 Å². The molecule has 1 heterocycles. The van der Waals surface area contributed by atoms with Crippen LogP contribution in [0.5, 0.6) is 0 Å². The first-order chi connectivity index (χ1) is 12.0. The highest BCUT2D eigenvalue weighted by molar-refractivity contribution is 8.00. The van der Waals surface area contributed by atoms with Crippen molar-refractivity contribution in [2.45, 2.75) is 37.4 Å². The molecule has 2 rings (SSSR count). The fourth-order valence-corrected chi connectivity index (χ4v) is 3.70. The van der Waals surface area contributed by atoms with Crippen LogP contribution >= 0.6 is 11.8 Å².